The van der Waals surface area contributed by atoms with E-state index in [1.807, 2.05) is 11.6 Å². The van der Waals surface area contributed by atoms with E-state index in [0.717, 1.165) is 23.7 Å². The molecule has 3 aromatic heterocycles. The minimum atomic E-state index is -0.316. The minimum absolute atomic E-state index is 0.0420. The summed E-state index contributed by atoms with van der Waals surface area (Å²) in [5.74, 6) is 0.959. The van der Waals surface area contributed by atoms with E-state index in [0.29, 0.717) is 35.2 Å². The van der Waals surface area contributed by atoms with Gasteiger partial charge in [0.25, 0.3) is 5.91 Å². The Morgan fingerprint density at radius 2 is 2.03 bits per heavy atom. The lowest BCUT2D eigenvalue weighted by Crippen LogP contribution is -2.20. The number of hydrogen-bond donors (Lipinski definition) is 3. The van der Waals surface area contributed by atoms with E-state index in [1.165, 1.54) is 6.20 Å². The van der Waals surface area contributed by atoms with Crippen LogP contribution in [0, 0.1) is 5.92 Å². The van der Waals surface area contributed by atoms with Gasteiger partial charge in [0.15, 0.2) is 11.6 Å². The minimum Gasteiger partial charge on any atom is -0.491 e. The summed E-state index contributed by atoms with van der Waals surface area (Å²) < 4.78 is 7.44. The summed E-state index contributed by atoms with van der Waals surface area (Å²) in [5.41, 5.74) is 1.56. The molecule has 0 bridgehead atoms. The summed E-state index contributed by atoms with van der Waals surface area (Å²) in [6.07, 6.45) is 6.62. The Balaban J connectivity index is 1.75. The number of fused-ring (bicyclic) bond motifs is 1. The van der Waals surface area contributed by atoms with Gasteiger partial charge in [0.05, 0.1) is 24.6 Å². The van der Waals surface area contributed by atoms with Crippen LogP contribution < -0.4 is 20.7 Å². The van der Waals surface area contributed by atoms with Crippen LogP contribution in [0.1, 0.15) is 30.1 Å². The van der Waals surface area contributed by atoms with E-state index in [-0.39, 0.29) is 17.7 Å². The Labute approximate surface area is 173 Å². The van der Waals surface area contributed by atoms with Crippen molar-refractivity contribution in [1.29, 1.82) is 0 Å². The smallest absolute Gasteiger partial charge is 0.254 e. The van der Waals surface area contributed by atoms with Gasteiger partial charge in [-0.2, -0.15) is 5.10 Å². The van der Waals surface area contributed by atoms with Crippen molar-refractivity contribution in [2.75, 3.05) is 24.8 Å². The number of amides is 2. The van der Waals surface area contributed by atoms with Crippen LogP contribution in [0.4, 0.5) is 17.3 Å². The molecule has 1 saturated carbocycles. The van der Waals surface area contributed by atoms with Gasteiger partial charge in [-0.3, -0.25) is 14.3 Å². The summed E-state index contributed by atoms with van der Waals surface area (Å²) in [6.45, 7) is 2.65. The molecule has 0 radical (unpaired) electrons. The Kier molecular flexibility index (Phi) is 5.21. The molecule has 3 heterocycles. The predicted molar refractivity (Wildman–Crippen MR) is 112 cm³/mol. The molecule has 1 fully saturated rings. The lowest BCUT2D eigenvalue weighted by atomic mass is 10.2. The zero-order valence-electron chi connectivity index (χ0n) is 17.0. The topological polar surface area (TPSA) is 123 Å². The average molecular weight is 409 g/mol. The van der Waals surface area contributed by atoms with Crippen LogP contribution in [0.15, 0.2) is 24.7 Å². The Bertz CT molecular complexity index is 1120. The number of carbonyl (C=O) groups is 2. The van der Waals surface area contributed by atoms with Gasteiger partial charge < -0.3 is 20.7 Å². The number of carbonyl (C=O) groups excluding carboxylic acids is 2. The van der Waals surface area contributed by atoms with Gasteiger partial charge >= 0.3 is 0 Å². The van der Waals surface area contributed by atoms with Crippen LogP contribution in [0.2, 0.25) is 0 Å². The number of pyridine rings is 2. The van der Waals surface area contributed by atoms with Crippen LogP contribution in [-0.2, 0) is 11.3 Å². The van der Waals surface area contributed by atoms with E-state index in [4.69, 9.17) is 4.74 Å². The van der Waals surface area contributed by atoms with E-state index in [2.05, 4.69) is 31.0 Å². The molecule has 3 aromatic rings. The van der Waals surface area contributed by atoms with Gasteiger partial charge in [-0.05, 0) is 19.8 Å². The summed E-state index contributed by atoms with van der Waals surface area (Å²) in [6, 6.07) is 1.62. The van der Waals surface area contributed by atoms with E-state index >= 15 is 0 Å². The fraction of sp³-hybridized carbons (Fsp3) is 0.350. The number of ether oxygens (including phenoxy) is 1. The van der Waals surface area contributed by atoms with Crippen molar-refractivity contribution in [2.45, 2.75) is 26.3 Å². The van der Waals surface area contributed by atoms with Crippen LogP contribution >= 0.6 is 0 Å². The second-order valence-electron chi connectivity index (χ2n) is 6.99. The van der Waals surface area contributed by atoms with Crippen molar-refractivity contribution >= 4 is 40.0 Å². The molecule has 30 heavy (non-hydrogen) atoms. The van der Waals surface area contributed by atoms with Crippen molar-refractivity contribution in [3.63, 3.8) is 0 Å². The van der Waals surface area contributed by atoms with Crippen molar-refractivity contribution < 1.29 is 14.3 Å². The van der Waals surface area contributed by atoms with Gasteiger partial charge in [0, 0.05) is 43.4 Å². The summed E-state index contributed by atoms with van der Waals surface area (Å²) >= 11 is 0. The van der Waals surface area contributed by atoms with E-state index < -0.39 is 0 Å². The second kappa shape index (κ2) is 7.97. The zero-order valence-corrected chi connectivity index (χ0v) is 17.0. The molecular weight excluding hydrogens is 386 g/mol. The predicted octanol–water partition coefficient (Wildman–Crippen LogP) is 2.31. The van der Waals surface area contributed by atoms with Crippen LogP contribution in [0.25, 0.3) is 10.9 Å². The number of nitrogens with one attached hydrogen (secondary N) is 3. The Morgan fingerprint density at radius 1 is 1.23 bits per heavy atom. The van der Waals surface area contributed by atoms with E-state index in [1.54, 1.807) is 32.6 Å². The molecule has 2 amide bonds. The molecule has 1 aliphatic rings. The fourth-order valence-electron chi connectivity index (χ4n) is 3.21. The van der Waals surface area contributed by atoms with Crippen LogP contribution in [0.3, 0.4) is 0 Å². The molecule has 10 nitrogen and oxygen atoms in total. The average Bonchev–Trinajstić information content (AvgIpc) is 3.53. The summed E-state index contributed by atoms with van der Waals surface area (Å²) in [4.78, 5) is 33.1. The third kappa shape index (κ3) is 3.63. The molecule has 0 unspecified atom stereocenters. The number of aryl methyl sites for hydroxylation is 1. The van der Waals surface area contributed by atoms with Gasteiger partial charge in [0.1, 0.15) is 11.3 Å². The highest BCUT2D eigenvalue weighted by Gasteiger charge is 2.30. The molecular formula is C20H23N7O3. The van der Waals surface area contributed by atoms with Crippen molar-refractivity contribution in [2.24, 2.45) is 5.92 Å². The number of hydrogen-bond acceptors (Lipinski definition) is 7. The normalized spacial score (nSPS) is 13.2. The first-order valence-corrected chi connectivity index (χ1v) is 9.74. The molecule has 10 heteroatoms. The highest BCUT2D eigenvalue weighted by molar-refractivity contribution is 6.02. The van der Waals surface area contributed by atoms with Crippen LogP contribution in [0.5, 0.6) is 5.75 Å². The quantitative estimate of drug-likeness (QED) is 0.547. The fourth-order valence-corrected chi connectivity index (χ4v) is 3.21. The molecule has 0 saturated heterocycles. The molecule has 4 rings (SSSR count). The van der Waals surface area contributed by atoms with Crippen molar-refractivity contribution in [3.05, 3.63) is 30.2 Å². The molecule has 156 valence electrons. The SMILES string of the molecule is CCn1ncc2cnc(Nc3cc(NC(=O)C4CC4)ncc3C(=O)NC)c(OC)c21. The maximum Gasteiger partial charge on any atom is 0.254 e. The first kappa shape index (κ1) is 19.6. The maximum atomic E-state index is 12.4. The highest BCUT2D eigenvalue weighted by atomic mass is 16.5. The van der Waals surface area contributed by atoms with Gasteiger partial charge in [-0.1, -0.05) is 0 Å². The third-order valence-electron chi connectivity index (χ3n) is 4.96. The number of nitrogens with zero attached hydrogens (tertiary/aromatic N) is 4. The first-order valence-electron chi connectivity index (χ1n) is 9.74. The highest BCUT2D eigenvalue weighted by Crippen LogP contribution is 2.35. The lowest BCUT2D eigenvalue weighted by Gasteiger charge is -2.15. The number of rotatable bonds is 7. The number of anilines is 3. The van der Waals surface area contributed by atoms with Gasteiger partial charge in [0.2, 0.25) is 5.91 Å². The maximum absolute atomic E-state index is 12.4. The van der Waals surface area contributed by atoms with Gasteiger partial charge in [-0.15, -0.1) is 0 Å². The molecule has 0 aromatic carbocycles. The largest absolute Gasteiger partial charge is 0.491 e. The Hall–Kier alpha value is -3.69. The molecule has 3 N–H and O–H groups in total. The molecule has 0 aliphatic heterocycles. The number of methoxy groups -OCH3 is 1. The van der Waals surface area contributed by atoms with Crippen molar-refractivity contribution in [1.82, 2.24) is 25.1 Å². The number of aromatic nitrogens is 4. The third-order valence-corrected chi connectivity index (χ3v) is 4.96. The lowest BCUT2D eigenvalue weighted by molar-refractivity contribution is -0.117. The Morgan fingerprint density at radius 3 is 2.70 bits per heavy atom. The van der Waals surface area contributed by atoms with Crippen molar-refractivity contribution in [3.8, 4) is 5.75 Å². The molecule has 1 aliphatic carbocycles. The first-order chi connectivity index (χ1) is 14.5. The standard InChI is InChI=1S/C20H23N7O3/c1-4-27-16-12(9-24-27)8-23-18(17(16)30-3)25-14-7-15(26-19(28)11-5-6-11)22-10-13(14)20(29)21-2/h7-11H,4-6H2,1-3H3,(H,21,29)(H2,22,23,25,26,28). The molecule has 0 atom stereocenters. The van der Waals surface area contributed by atoms with Crippen LogP contribution in [-0.4, -0.2) is 45.7 Å². The zero-order chi connectivity index (χ0) is 21.3. The molecule has 0 spiro atoms. The summed E-state index contributed by atoms with van der Waals surface area (Å²) in [5, 5.41) is 13.8. The van der Waals surface area contributed by atoms with E-state index in [9.17, 15) is 9.59 Å². The monoisotopic (exact) mass is 409 g/mol. The second-order valence-corrected chi connectivity index (χ2v) is 6.99. The van der Waals surface area contributed by atoms with Gasteiger partial charge in [-0.25, -0.2) is 9.97 Å². The summed E-state index contributed by atoms with van der Waals surface area (Å²) in [7, 11) is 3.10.